The van der Waals surface area contributed by atoms with Crippen LogP contribution in [0.15, 0.2) is 34.5 Å². The quantitative estimate of drug-likeness (QED) is 0.858. The van der Waals surface area contributed by atoms with E-state index in [0.717, 1.165) is 21.6 Å². The first kappa shape index (κ1) is 16.2. The fourth-order valence-corrected chi connectivity index (χ4v) is 4.92. The topological polar surface area (TPSA) is 58.2 Å². The Bertz CT molecular complexity index is 704. The Balaban J connectivity index is 2.18. The van der Waals surface area contributed by atoms with Crippen LogP contribution >= 0.6 is 11.3 Å². The van der Waals surface area contributed by atoms with Gasteiger partial charge in [0, 0.05) is 18.0 Å². The van der Waals surface area contributed by atoms with Crippen LogP contribution in [0.5, 0.6) is 0 Å². The predicted octanol–water partition coefficient (Wildman–Crippen LogP) is 2.56. The van der Waals surface area contributed by atoms with Crippen LogP contribution in [-0.4, -0.2) is 15.5 Å². The van der Waals surface area contributed by atoms with E-state index in [1.165, 1.54) is 11.3 Å². The third-order valence-electron chi connectivity index (χ3n) is 3.18. The largest absolute Gasteiger partial charge is 0.315 e. The molecule has 0 spiro atoms. The lowest BCUT2D eigenvalue weighted by molar-refractivity contribution is 0.579. The lowest BCUT2D eigenvalue weighted by Gasteiger charge is -2.09. The number of sulfonamides is 1. The Morgan fingerprint density at radius 2 is 1.76 bits per heavy atom. The van der Waals surface area contributed by atoms with Crippen LogP contribution in [0, 0.1) is 13.8 Å². The van der Waals surface area contributed by atoms with Crippen LogP contribution in [0.2, 0.25) is 0 Å². The summed E-state index contributed by atoms with van der Waals surface area (Å²) in [5, 5.41) is 4.89. The molecule has 21 heavy (non-hydrogen) atoms. The van der Waals surface area contributed by atoms with Gasteiger partial charge in [0.1, 0.15) is 4.90 Å². The molecule has 0 unspecified atom stereocenters. The molecule has 0 radical (unpaired) electrons. The third-order valence-corrected chi connectivity index (χ3v) is 6.05. The second-order valence-corrected chi connectivity index (χ2v) is 7.68. The average Bonchev–Trinajstić information content (AvgIpc) is 2.80. The van der Waals surface area contributed by atoms with E-state index < -0.39 is 10.0 Å². The van der Waals surface area contributed by atoms with Crippen molar-refractivity contribution in [2.24, 2.45) is 0 Å². The second kappa shape index (κ2) is 6.70. The molecule has 1 aromatic carbocycles. The van der Waals surface area contributed by atoms with Gasteiger partial charge in [0.25, 0.3) is 0 Å². The van der Waals surface area contributed by atoms with Crippen molar-refractivity contribution < 1.29 is 8.42 Å². The van der Waals surface area contributed by atoms with Gasteiger partial charge in [-0.3, -0.25) is 0 Å². The number of hydrogen-bond donors (Lipinski definition) is 2. The van der Waals surface area contributed by atoms with Crippen LogP contribution < -0.4 is 10.0 Å². The van der Waals surface area contributed by atoms with Crippen molar-refractivity contribution in [1.82, 2.24) is 10.0 Å². The van der Waals surface area contributed by atoms with Crippen molar-refractivity contribution >= 4 is 21.4 Å². The van der Waals surface area contributed by atoms with Gasteiger partial charge < -0.3 is 5.32 Å². The molecule has 4 nitrogen and oxygen atoms in total. The number of hydrogen-bond acceptors (Lipinski definition) is 4. The highest BCUT2D eigenvalue weighted by atomic mass is 32.2. The summed E-state index contributed by atoms with van der Waals surface area (Å²) in [6.45, 7) is 4.69. The van der Waals surface area contributed by atoms with Gasteiger partial charge in [-0.1, -0.05) is 29.8 Å². The van der Waals surface area contributed by atoms with Crippen molar-refractivity contribution in [2.75, 3.05) is 7.05 Å². The molecular formula is C15H20N2O2S2. The molecule has 1 heterocycles. The summed E-state index contributed by atoms with van der Waals surface area (Å²) in [6, 6.07) is 7.83. The molecule has 2 N–H and O–H groups in total. The van der Waals surface area contributed by atoms with Gasteiger partial charge >= 0.3 is 0 Å². The fourth-order valence-electron chi connectivity index (χ4n) is 2.09. The Labute approximate surface area is 130 Å². The van der Waals surface area contributed by atoms with E-state index in [1.807, 2.05) is 50.5 Å². The van der Waals surface area contributed by atoms with E-state index in [9.17, 15) is 8.42 Å². The molecule has 1 aromatic heterocycles. The SMILES string of the molecule is CNCc1scc(C)c1S(=O)(=O)NCc1ccc(C)cc1. The minimum Gasteiger partial charge on any atom is -0.315 e. The Morgan fingerprint density at radius 1 is 1.10 bits per heavy atom. The maximum atomic E-state index is 12.5. The van der Waals surface area contributed by atoms with Gasteiger partial charge in [-0.05, 0) is 37.4 Å². The maximum Gasteiger partial charge on any atom is 0.242 e. The summed E-state index contributed by atoms with van der Waals surface area (Å²) in [5.41, 5.74) is 2.90. The molecule has 0 amide bonds. The summed E-state index contributed by atoms with van der Waals surface area (Å²) in [7, 11) is -1.68. The summed E-state index contributed by atoms with van der Waals surface area (Å²) in [5.74, 6) is 0. The van der Waals surface area contributed by atoms with Gasteiger partial charge in [0.05, 0.1) is 0 Å². The van der Waals surface area contributed by atoms with E-state index in [-0.39, 0.29) is 0 Å². The molecule has 0 aliphatic rings. The first-order chi connectivity index (χ1) is 9.94. The van der Waals surface area contributed by atoms with Crippen molar-refractivity contribution in [3.63, 3.8) is 0 Å². The summed E-state index contributed by atoms with van der Waals surface area (Å²) in [4.78, 5) is 1.25. The van der Waals surface area contributed by atoms with Gasteiger partial charge in [0.15, 0.2) is 0 Å². The zero-order chi connectivity index (χ0) is 15.5. The van der Waals surface area contributed by atoms with Crippen LogP contribution in [0.4, 0.5) is 0 Å². The number of thiophene rings is 1. The molecule has 2 rings (SSSR count). The number of rotatable bonds is 6. The van der Waals surface area contributed by atoms with Crippen molar-refractivity contribution in [1.29, 1.82) is 0 Å². The molecule has 0 saturated carbocycles. The smallest absolute Gasteiger partial charge is 0.242 e. The monoisotopic (exact) mass is 324 g/mol. The van der Waals surface area contributed by atoms with E-state index in [0.29, 0.717) is 18.0 Å². The molecule has 0 aliphatic carbocycles. The van der Waals surface area contributed by atoms with Gasteiger partial charge in [0.2, 0.25) is 10.0 Å². The molecule has 0 atom stereocenters. The predicted molar refractivity (Wildman–Crippen MR) is 87.0 cm³/mol. The maximum absolute atomic E-state index is 12.5. The molecule has 0 aliphatic heterocycles. The standard InChI is InChI=1S/C15H20N2O2S2/c1-11-4-6-13(7-5-11)8-17-21(18,19)15-12(2)10-20-14(15)9-16-3/h4-7,10,16-17H,8-9H2,1-3H3. The van der Waals surface area contributed by atoms with Gasteiger partial charge in [-0.25, -0.2) is 13.1 Å². The molecule has 0 fully saturated rings. The van der Waals surface area contributed by atoms with Crippen LogP contribution in [0.3, 0.4) is 0 Å². The Kier molecular flexibility index (Phi) is 5.16. The fraction of sp³-hybridized carbons (Fsp3) is 0.333. The molecular weight excluding hydrogens is 304 g/mol. The highest BCUT2D eigenvalue weighted by Gasteiger charge is 2.22. The molecule has 6 heteroatoms. The molecule has 0 saturated heterocycles. The van der Waals surface area contributed by atoms with Crippen LogP contribution in [-0.2, 0) is 23.1 Å². The summed E-state index contributed by atoms with van der Waals surface area (Å²) >= 11 is 1.47. The number of benzene rings is 1. The average molecular weight is 324 g/mol. The van der Waals surface area contributed by atoms with E-state index in [2.05, 4.69) is 10.0 Å². The minimum atomic E-state index is -3.49. The van der Waals surface area contributed by atoms with Gasteiger partial charge in [-0.15, -0.1) is 11.3 Å². The first-order valence-electron chi connectivity index (χ1n) is 6.71. The van der Waals surface area contributed by atoms with Crippen LogP contribution in [0.1, 0.15) is 21.6 Å². The lowest BCUT2D eigenvalue weighted by atomic mass is 10.2. The first-order valence-corrected chi connectivity index (χ1v) is 9.07. The molecule has 0 bridgehead atoms. The van der Waals surface area contributed by atoms with Crippen molar-refractivity contribution in [3.8, 4) is 0 Å². The van der Waals surface area contributed by atoms with Crippen molar-refractivity contribution in [3.05, 3.63) is 51.2 Å². The lowest BCUT2D eigenvalue weighted by Crippen LogP contribution is -2.25. The molecule has 2 aromatic rings. The number of nitrogens with one attached hydrogen (secondary N) is 2. The highest BCUT2D eigenvalue weighted by Crippen LogP contribution is 2.26. The van der Waals surface area contributed by atoms with E-state index in [4.69, 9.17) is 0 Å². The van der Waals surface area contributed by atoms with Crippen LogP contribution in [0.25, 0.3) is 0 Å². The Morgan fingerprint density at radius 3 is 2.38 bits per heavy atom. The second-order valence-electron chi connectivity index (χ2n) is 5.01. The van der Waals surface area contributed by atoms with E-state index in [1.54, 1.807) is 0 Å². The number of aryl methyl sites for hydroxylation is 2. The van der Waals surface area contributed by atoms with Gasteiger partial charge in [-0.2, -0.15) is 0 Å². The minimum absolute atomic E-state index is 0.302. The molecule has 114 valence electrons. The zero-order valence-corrected chi connectivity index (χ0v) is 14.1. The normalized spacial score (nSPS) is 11.8. The van der Waals surface area contributed by atoms with Crippen molar-refractivity contribution in [2.45, 2.75) is 31.8 Å². The highest BCUT2D eigenvalue weighted by molar-refractivity contribution is 7.89. The summed E-state index contributed by atoms with van der Waals surface area (Å²) < 4.78 is 27.7. The third kappa shape index (κ3) is 3.91. The Hall–Kier alpha value is -1.21. The van der Waals surface area contributed by atoms with E-state index >= 15 is 0 Å². The summed E-state index contributed by atoms with van der Waals surface area (Å²) in [6.07, 6.45) is 0. The zero-order valence-electron chi connectivity index (χ0n) is 12.4.